The van der Waals surface area contributed by atoms with Gasteiger partial charge in [0.1, 0.15) is 12.1 Å². The summed E-state index contributed by atoms with van der Waals surface area (Å²) in [6.07, 6.45) is 13.7. The van der Waals surface area contributed by atoms with Crippen LogP contribution in [0, 0.1) is 27.0 Å². The predicted octanol–water partition coefficient (Wildman–Crippen LogP) is 20.6. The van der Waals surface area contributed by atoms with Crippen LogP contribution < -0.4 is 5.32 Å². The van der Waals surface area contributed by atoms with Gasteiger partial charge in [-0.2, -0.15) is 5.10 Å². The molecule has 2 aliphatic rings. The number of H-pyrrole nitrogens is 2. The molecule has 0 spiro atoms. The fourth-order valence-electron chi connectivity index (χ4n) is 11.2. The molecule has 0 bridgehead atoms. The summed E-state index contributed by atoms with van der Waals surface area (Å²) < 4.78 is 1.85. The average molecular weight is 1230 g/mol. The number of amides is 1. The normalized spacial score (nSPS) is 13.6. The maximum Gasteiger partial charge on any atom is 0.253 e. The lowest BCUT2D eigenvalue weighted by Gasteiger charge is -2.26. The molecule has 484 valence electrons. The van der Waals surface area contributed by atoms with E-state index in [0.29, 0.717) is 12.0 Å². The van der Waals surface area contributed by atoms with E-state index in [-0.39, 0.29) is 27.6 Å². The van der Waals surface area contributed by atoms with Gasteiger partial charge in [-0.3, -0.25) is 9.69 Å². The Bertz CT molecular complexity index is 3750. The van der Waals surface area contributed by atoms with Gasteiger partial charge in [0.2, 0.25) is 11.4 Å². The molecule has 4 aromatic heterocycles. The van der Waals surface area contributed by atoms with Crippen LogP contribution >= 0.6 is 0 Å². The molecule has 2 saturated heterocycles. The standard InChI is InChI=1S/C17H21N5.2C16H18N2.C16H25N.C15H21NO/c1-11(2)13-5-7-14(8-6-13)22-17-15(9-20-22)16(18-10-19-17)21-12(3)4;2*1-11-15(17-5)14(10-18-11)12-6-8-13(9-7-12)16(2,3)4;1-16(2,3)15-9-7-14(8-10-15)13-17-11-5-4-6-12-17;1-15(2,3)13-8-6-12(7-9-13)14(17)16-10-4-5-11-16/h5-12H,1-4H3,(H,18,19,21);2*6-10,18H,1-4H3;7-10H,4-6,11-13H2,1-3H3;6-9H,4-5,10-11H2,1-3H3. The van der Waals surface area contributed by atoms with Crippen molar-refractivity contribution in [3.63, 3.8) is 0 Å². The molecule has 2 fully saturated rings. The van der Waals surface area contributed by atoms with Crippen LogP contribution in [0.2, 0.25) is 0 Å². The number of likely N-dealkylation sites (tertiary alicyclic amines) is 2. The second kappa shape index (κ2) is 31.2. The summed E-state index contributed by atoms with van der Waals surface area (Å²) >= 11 is 0. The molecule has 9 aromatic rings. The van der Waals surface area contributed by atoms with E-state index < -0.39 is 0 Å². The minimum atomic E-state index is 0.148. The van der Waals surface area contributed by atoms with Crippen LogP contribution in [0.3, 0.4) is 0 Å². The van der Waals surface area contributed by atoms with E-state index in [2.05, 4.69) is 265 Å². The molecule has 0 atom stereocenters. The number of nitrogens with one attached hydrogen (secondary N) is 3. The Morgan fingerprint density at radius 1 is 0.554 bits per heavy atom. The Kier molecular flexibility index (Phi) is 24.0. The SMILES string of the molecule is CC(C)(C)c1ccc(C(=O)N2CCCC2)cc1.CC(C)(C)c1ccc(CN2CCCCC2)cc1.CC(C)Nc1ncnc2c1cnn2-c1ccc(C(C)C)cc1.[C-]#[N+]c1c(-c2ccc(C(C)(C)C)cc2)c[nH]c1C.[C-]#[N+]c1c(-c2ccc(C(C)(C)C)cc2)c[nH]c1C. The molecule has 0 saturated carbocycles. The highest BCUT2D eigenvalue weighted by Crippen LogP contribution is 2.37. The van der Waals surface area contributed by atoms with Crippen molar-refractivity contribution in [2.75, 3.05) is 31.5 Å². The van der Waals surface area contributed by atoms with E-state index in [1.54, 1.807) is 6.33 Å². The van der Waals surface area contributed by atoms with Gasteiger partial charge < -0.3 is 20.2 Å². The molecule has 2 aliphatic heterocycles. The fourth-order valence-corrected chi connectivity index (χ4v) is 11.2. The number of carbonyl (C=O) groups excluding carboxylic acids is 1. The number of carbonyl (C=O) groups is 1. The molecule has 11 rings (SSSR count). The van der Waals surface area contributed by atoms with Gasteiger partial charge >= 0.3 is 0 Å². The van der Waals surface area contributed by atoms with Crippen molar-refractivity contribution in [3.8, 4) is 27.9 Å². The molecule has 92 heavy (non-hydrogen) atoms. The lowest BCUT2D eigenvalue weighted by Crippen LogP contribution is -2.29. The summed E-state index contributed by atoms with van der Waals surface area (Å²) in [4.78, 5) is 38.8. The van der Waals surface area contributed by atoms with Gasteiger partial charge in [0.15, 0.2) is 5.65 Å². The van der Waals surface area contributed by atoms with Gasteiger partial charge in [-0.05, 0) is 175 Å². The molecular weight excluding hydrogens is 1130 g/mol. The zero-order valence-electron chi connectivity index (χ0n) is 58.6. The van der Waals surface area contributed by atoms with E-state index in [0.717, 1.165) is 106 Å². The van der Waals surface area contributed by atoms with Crippen molar-refractivity contribution < 1.29 is 4.79 Å². The third-order valence-electron chi connectivity index (χ3n) is 17.1. The van der Waals surface area contributed by atoms with Crippen LogP contribution in [0.4, 0.5) is 17.2 Å². The van der Waals surface area contributed by atoms with Crippen molar-refractivity contribution in [2.45, 2.75) is 197 Å². The summed E-state index contributed by atoms with van der Waals surface area (Å²) in [5, 5.41) is 8.75. The number of aryl methyl sites for hydroxylation is 2. The zero-order chi connectivity index (χ0) is 67.1. The van der Waals surface area contributed by atoms with E-state index in [4.69, 9.17) is 13.1 Å². The van der Waals surface area contributed by atoms with Crippen molar-refractivity contribution in [1.82, 2.24) is 39.5 Å². The number of hydrogen-bond donors (Lipinski definition) is 3. The third-order valence-corrected chi connectivity index (χ3v) is 17.1. The molecule has 5 aromatic carbocycles. The van der Waals surface area contributed by atoms with Gasteiger partial charge in [0, 0.05) is 53.8 Å². The fraction of sp³-hybridized carbons (Fsp3) is 0.425. The summed E-state index contributed by atoms with van der Waals surface area (Å²) in [6, 6.07) is 43.0. The minimum absolute atomic E-state index is 0.148. The maximum absolute atomic E-state index is 12.1. The van der Waals surface area contributed by atoms with Gasteiger partial charge in [-0.25, -0.2) is 24.3 Å². The minimum Gasteiger partial charge on any atom is -0.375 e. The molecule has 0 unspecified atom stereocenters. The van der Waals surface area contributed by atoms with Crippen molar-refractivity contribution in [1.29, 1.82) is 0 Å². The van der Waals surface area contributed by atoms with Crippen LogP contribution in [0.1, 0.15) is 204 Å². The number of hydrogen-bond acceptors (Lipinski definition) is 6. The number of rotatable bonds is 9. The Morgan fingerprint density at radius 2 is 0.978 bits per heavy atom. The highest BCUT2D eigenvalue weighted by Gasteiger charge is 2.22. The van der Waals surface area contributed by atoms with Crippen molar-refractivity contribution in [2.24, 2.45) is 0 Å². The van der Waals surface area contributed by atoms with Gasteiger partial charge in [0.05, 0.1) is 30.4 Å². The number of benzene rings is 5. The number of anilines is 1. The van der Waals surface area contributed by atoms with E-state index in [1.807, 2.05) is 54.2 Å². The average Bonchev–Trinajstić information content (AvgIpc) is 1.76. The van der Waals surface area contributed by atoms with E-state index >= 15 is 0 Å². The second-order valence-corrected chi connectivity index (χ2v) is 29.4. The second-order valence-electron chi connectivity index (χ2n) is 29.4. The van der Waals surface area contributed by atoms with Crippen LogP contribution in [0.15, 0.2) is 146 Å². The number of fused-ring (bicyclic) bond motifs is 1. The van der Waals surface area contributed by atoms with Gasteiger partial charge in [0.25, 0.3) is 5.91 Å². The summed E-state index contributed by atoms with van der Waals surface area (Å²) in [6.45, 7) is 59.0. The van der Waals surface area contributed by atoms with Crippen molar-refractivity contribution in [3.05, 3.63) is 219 Å². The Labute approximate surface area is 551 Å². The summed E-state index contributed by atoms with van der Waals surface area (Å²) in [5.74, 6) is 1.53. The van der Waals surface area contributed by atoms with Crippen LogP contribution in [0.5, 0.6) is 0 Å². The maximum atomic E-state index is 12.1. The molecule has 12 nitrogen and oxygen atoms in total. The third kappa shape index (κ3) is 19.2. The topological polar surface area (TPSA) is 119 Å². The Morgan fingerprint density at radius 3 is 1.39 bits per heavy atom. The van der Waals surface area contributed by atoms with E-state index in [9.17, 15) is 4.79 Å². The van der Waals surface area contributed by atoms with E-state index in [1.165, 1.54) is 65.7 Å². The largest absolute Gasteiger partial charge is 0.375 e. The lowest BCUT2D eigenvalue weighted by atomic mass is 9.86. The number of piperidine rings is 1. The zero-order valence-corrected chi connectivity index (χ0v) is 58.6. The van der Waals surface area contributed by atoms with Crippen LogP contribution in [0.25, 0.3) is 48.7 Å². The predicted molar refractivity (Wildman–Crippen MR) is 386 cm³/mol. The molecular formula is C80H103N11O. The van der Waals surface area contributed by atoms with Gasteiger partial charge in [-0.1, -0.05) is 200 Å². The lowest BCUT2D eigenvalue weighted by molar-refractivity contribution is 0.0792. The Hall–Kier alpha value is -8.58. The Balaban J connectivity index is 0.000000164. The highest BCUT2D eigenvalue weighted by atomic mass is 16.2. The first-order valence-electron chi connectivity index (χ1n) is 33.1. The number of aromatic amines is 2. The molecule has 0 aliphatic carbocycles. The van der Waals surface area contributed by atoms with Gasteiger partial charge in [-0.15, -0.1) is 0 Å². The highest BCUT2D eigenvalue weighted by molar-refractivity contribution is 5.94. The van der Waals surface area contributed by atoms with Crippen LogP contribution in [-0.2, 0) is 28.2 Å². The quantitative estimate of drug-likeness (QED) is 0.124. The summed E-state index contributed by atoms with van der Waals surface area (Å²) in [5.41, 5.74) is 18.9. The molecule has 3 N–H and O–H groups in total. The monoisotopic (exact) mass is 1230 g/mol. The first-order valence-corrected chi connectivity index (χ1v) is 33.1. The first kappa shape index (κ1) is 70.9. The number of aromatic nitrogens is 6. The molecule has 0 radical (unpaired) electrons. The molecule has 6 heterocycles. The number of nitrogens with zero attached hydrogens (tertiary/aromatic N) is 8. The summed E-state index contributed by atoms with van der Waals surface area (Å²) in [7, 11) is 0. The first-order chi connectivity index (χ1) is 43.5. The van der Waals surface area contributed by atoms with Crippen molar-refractivity contribution >= 4 is 34.1 Å². The molecule has 1 amide bonds. The molecule has 12 heteroatoms. The van der Waals surface area contributed by atoms with Crippen LogP contribution in [-0.4, -0.2) is 77.6 Å². The smallest absolute Gasteiger partial charge is 0.253 e.